The number of hydrogen-bond donors (Lipinski definition) is 2. The van der Waals surface area contributed by atoms with Crippen LogP contribution in [-0.4, -0.2) is 32.1 Å². The number of amides is 1. The summed E-state index contributed by atoms with van der Waals surface area (Å²) in [6.45, 7) is 0. The number of nitrogens with two attached hydrogens (primary N) is 1. The topological polar surface area (TPSA) is 115 Å². The molecule has 1 aromatic carbocycles. The molecule has 0 saturated heterocycles. The molecule has 0 fully saturated rings. The van der Waals surface area contributed by atoms with Crippen molar-refractivity contribution in [2.75, 3.05) is 18.5 Å². The van der Waals surface area contributed by atoms with Gasteiger partial charge in [0.25, 0.3) is 0 Å². The minimum atomic E-state index is -3.88. The van der Waals surface area contributed by atoms with Gasteiger partial charge in [0.15, 0.2) is 5.58 Å². The Kier molecular flexibility index (Phi) is 2.95. The second-order valence-electron chi connectivity index (χ2n) is 3.64. The number of carbonyl (C=O) groups is 1. The molecule has 0 atom stereocenters. The average molecular weight is 269 g/mol. The van der Waals surface area contributed by atoms with Gasteiger partial charge in [-0.05, 0) is 12.1 Å². The smallest absolute Gasteiger partial charge is 0.316 e. The summed E-state index contributed by atoms with van der Waals surface area (Å²) in [7, 11) is -2.53. The second-order valence-corrected chi connectivity index (χ2v) is 5.51. The Labute approximate surface area is 103 Å². The van der Waals surface area contributed by atoms with Gasteiger partial charge in [-0.15, -0.1) is 0 Å². The predicted molar refractivity (Wildman–Crippen MR) is 64.5 cm³/mol. The van der Waals surface area contributed by atoms with Crippen molar-refractivity contribution in [1.82, 2.24) is 10.3 Å². The molecule has 0 aliphatic rings. The van der Waals surface area contributed by atoms with E-state index in [1.165, 1.54) is 13.1 Å². The number of nitrogens with one attached hydrogen (secondary N) is 1. The van der Waals surface area contributed by atoms with Crippen molar-refractivity contribution in [3.8, 4) is 0 Å². The summed E-state index contributed by atoms with van der Waals surface area (Å²) >= 11 is 0. The van der Waals surface area contributed by atoms with E-state index in [-0.39, 0.29) is 5.58 Å². The van der Waals surface area contributed by atoms with Crippen LogP contribution in [0.1, 0.15) is 0 Å². The Morgan fingerprint density at radius 1 is 1.50 bits per heavy atom. The molecule has 0 saturated carbocycles. The van der Waals surface area contributed by atoms with E-state index in [2.05, 4.69) is 10.3 Å². The number of nitrogens with zero attached hydrogens (tertiary/aromatic N) is 1. The first-order valence-corrected chi connectivity index (χ1v) is 6.67. The Morgan fingerprint density at radius 2 is 2.22 bits per heavy atom. The van der Waals surface area contributed by atoms with Crippen molar-refractivity contribution in [2.24, 2.45) is 0 Å². The first kappa shape index (κ1) is 12.4. The number of anilines is 1. The second kappa shape index (κ2) is 4.30. The fraction of sp³-hybridized carbons (Fsp3) is 0.200. The lowest BCUT2D eigenvalue weighted by Gasteiger charge is -1.97. The summed E-state index contributed by atoms with van der Waals surface area (Å²) < 4.78 is 28.7. The molecule has 0 unspecified atom stereocenters. The van der Waals surface area contributed by atoms with E-state index >= 15 is 0 Å². The van der Waals surface area contributed by atoms with Gasteiger partial charge >= 0.3 is 5.22 Å². The summed E-state index contributed by atoms with van der Waals surface area (Å²) in [5.74, 6) is -1.33. The Balaban J connectivity index is 2.45. The molecule has 8 heteroatoms. The normalized spacial score (nSPS) is 11.6. The maximum absolute atomic E-state index is 11.8. The molecule has 2 rings (SSSR count). The van der Waals surface area contributed by atoms with Crippen LogP contribution in [0.2, 0.25) is 0 Å². The van der Waals surface area contributed by atoms with E-state index in [1.54, 1.807) is 12.1 Å². The monoisotopic (exact) mass is 269 g/mol. The van der Waals surface area contributed by atoms with E-state index < -0.39 is 26.7 Å². The van der Waals surface area contributed by atoms with Crippen LogP contribution >= 0.6 is 0 Å². The van der Waals surface area contributed by atoms with E-state index in [9.17, 15) is 13.2 Å². The van der Waals surface area contributed by atoms with Crippen molar-refractivity contribution >= 4 is 32.5 Å². The molecule has 18 heavy (non-hydrogen) atoms. The molecule has 3 N–H and O–H groups in total. The van der Waals surface area contributed by atoms with Gasteiger partial charge in [-0.1, -0.05) is 0 Å². The lowest BCUT2D eigenvalue weighted by atomic mass is 10.3. The largest absolute Gasteiger partial charge is 0.428 e. The highest BCUT2D eigenvalue weighted by Crippen LogP contribution is 2.21. The molecular weight excluding hydrogens is 258 g/mol. The fourth-order valence-corrected chi connectivity index (χ4v) is 2.43. The first-order chi connectivity index (χ1) is 8.42. The number of sulfone groups is 1. The highest BCUT2D eigenvalue weighted by molar-refractivity contribution is 7.91. The first-order valence-electron chi connectivity index (χ1n) is 5.02. The number of oxazole rings is 1. The maximum Gasteiger partial charge on any atom is 0.316 e. The molecule has 1 amide bonds. The highest BCUT2D eigenvalue weighted by atomic mass is 32.2. The van der Waals surface area contributed by atoms with Crippen molar-refractivity contribution in [3.05, 3.63) is 18.2 Å². The quantitative estimate of drug-likeness (QED) is 0.753. The Hall–Kier alpha value is -2.09. The molecule has 96 valence electrons. The number of aromatic nitrogens is 1. The van der Waals surface area contributed by atoms with E-state index in [4.69, 9.17) is 10.2 Å². The van der Waals surface area contributed by atoms with Crippen LogP contribution in [0.5, 0.6) is 0 Å². The molecule has 0 aliphatic carbocycles. The highest BCUT2D eigenvalue weighted by Gasteiger charge is 2.24. The zero-order valence-electron chi connectivity index (χ0n) is 9.50. The Bertz CT molecular complexity index is 705. The third-order valence-corrected chi connectivity index (χ3v) is 3.61. The third-order valence-electron chi connectivity index (χ3n) is 2.26. The van der Waals surface area contributed by atoms with Crippen LogP contribution in [0.15, 0.2) is 27.8 Å². The number of benzene rings is 1. The summed E-state index contributed by atoms with van der Waals surface area (Å²) in [5.41, 5.74) is 6.63. The lowest BCUT2D eigenvalue weighted by molar-refractivity contribution is -0.118. The fourth-order valence-electron chi connectivity index (χ4n) is 1.36. The summed E-state index contributed by atoms with van der Waals surface area (Å²) in [4.78, 5) is 14.9. The zero-order chi connectivity index (χ0) is 13.3. The zero-order valence-corrected chi connectivity index (χ0v) is 10.3. The molecule has 7 nitrogen and oxygen atoms in total. The number of carbonyl (C=O) groups excluding carboxylic acids is 1. The summed E-state index contributed by atoms with van der Waals surface area (Å²) in [6, 6.07) is 4.61. The minimum Gasteiger partial charge on any atom is -0.428 e. The molecule has 0 bridgehead atoms. The van der Waals surface area contributed by atoms with Crippen LogP contribution < -0.4 is 11.1 Å². The van der Waals surface area contributed by atoms with E-state index in [1.807, 2.05) is 0 Å². The average Bonchev–Trinajstić information content (AvgIpc) is 2.71. The van der Waals surface area contributed by atoms with Crippen molar-refractivity contribution in [2.45, 2.75) is 5.22 Å². The number of rotatable bonds is 3. The molecule has 0 spiro atoms. The minimum absolute atomic E-state index is 0.269. The van der Waals surface area contributed by atoms with Crippen LogP contribution in [-0.2, 0) is 14.6 Å². The summed E-state index contributed by atoms with van der Waals surface area (Å²) in [5, 5.41) is 1.75. The number of hydrogen-bond acceptors (Lipinski definition) is 6. The molecule has 0 aliphatic heterocycles. The molecule has 1 aromatic heterocycles. The van der Waals surface area contributed by atoms with Gasteiger partial charge in [0.05, 0.1) is 0 Å². The van der Waals surface area contributed by atoms with Crippen LogP contribution in [0, 0.1) is 0 Å². The lowest BCUT2D eigenvalue weighted by Crippen LogP contribution is -2.27. The molecule has 2 aromatic rings. The van der Waals surface area contributed by atoms with Crippen molar-refractivity contribution in [3.63, 3.8) is 0 Å². The third kappa shape index (κ3) is 2.28. The maximum atomic E-state index is 11.8. The number of fused-ring (bicyclic) bond motifs is 1. The van der Waals surface area contributed by atoms with Gasteiger partial charge in [-0.2, -0.15) is 4.98 Å². The van der Waals surface area contributed by atoms with Gasteiger partial charge in [0.2, 0.25) is 15.7 Å². The number of nitrogen functional groups attached to an aromatic ring is 1. The van der Waals surface area contributed by atoms with Crippen LogP contribution in [0.4, 0.5) is 5.69 Å². The van der Waals surface area contributed by atoms with Crippen LogP contribution in [0.3, 0.4) is 0 Å². The SMILES string of the molecule is CNC(=O)CS(=O)(=O)c1nc2ccc(N)cc2o1. The van der Waals surface area contributed by atoms with Crippen molar-refractivity contribution < 1.29 is 17.6 Å². The van der Waals surface area contributed by atoms with Gasteiger partial charge < -0.3 is 15.5 Å². The standard InChI is InChI=1S/C10H11N3O4S/c1-12-9(14)5-18(15,16)10-13-7-3-2-6(11)4-8(7)17-10/h2-4H,5,11H2,1H3,(H,12,14). The summed E-state index contributed by atoms with van der Waals surface area (Å²) in [6.07, 6.45) is 0. The molecule has 0 radical (unpaired) electrons. The van der Waals surface area contributed by atoms with E-state index in [0.717, 1.165) is 0 Å². The predicted octanol–water partition coefficient (Wildman–Crippen LogP) is -0.0703. The van der Waals surface area contributed by atoms with E-state index in [0.29, 0.717) is 11.2 Å². The molecular formula is C10H11N3O4S. The van der Waals surface area contributed by atoms with Crippen LogP contribution in [0.25, 0.3) is 11.1 Å². The Morgan fingerprint density at radius 3 is 2.89 bits per heavy atom. The van der Waals surface area contributed by atoms with Gasteiger partial charge in [0.1, 0.15) is 11.3 Å². The van der Waals surface area contributed by atoms with Gasteiger partial charge in [0, 0.05) is 18.8 Å². The van der Waals surface area contributed by atoms with Gasteiger partial charge in [-0.25, -0.2) is 8.42 Å². The molecule has 1 heterocycles. The van der Waals surface area contributed by atoms with Gasteiger partial charge in [-0.3, -0.25) is 4.79 Å². The van der Waals surface area contributed by atoms with Crippen molar-refractivity contribution in [1.29, 1.82) is 0 Å².